The summed E-state index contributed by atoms with van der Waals surface area (Å²) >= 11 is 0. The SMILES string of the molecule is CC[P@]1(=O)Cc2ccc(c(OC)c2)Nc2ncc(C(F)(F)F)c(n2)Nc2ccc(nc2C(=O)NC)-c2cnn(c2)CCCO1. The molecular formula is C28H30F3N8O4P. The summed E-state index contributed by atoms with van der Waals surface area (Å²) in [5.41, 5.74) is 0.731. The Hall–Kier alpha value is -4.49. The molecule has 1 aromatic carbocycles. The van der Waals surface area contributed by atoms with Gasteiger partial charge < -0.3 is 25.2 Å². The van der Waals surface area contributed by atoms with Crippen molar-refractivity contribution in [1.29, 1.82) is 0 Å². The van der Waals surface area contributed by atoms with E-state index in [1.807, 2.05) is 0 Å². The van der Waals surface area contributed by atoms with E-state index in [4.69, 9.17) is 9.26 Å². The minimum atomic E-state index is -4.81. The number of halogens is 3. The van der Waals surface area contributed by atoms with Crippen LogP contribution in [-0.2, 0) is 28.0 Å². The molecule has 4 aliphatic rings. The number of benzene rings is 1. The highest BCUT2D eigenvalue weighted by molar-refractivity contribution is 7.58. The molecule has 0 saturated heterocycles. The summed E-state index contributed by atoms with van der Waals surface area (Å²) in [4.78, 5) is 25.2. The Morgan fingerprint density at radius 2 is 1.95 bits per heavy atom. The average Bonchev–Trinajstić information content (AvgIpc) is 3.48. The number of aromatic nitrogens is 5. The van der Waals surface area contributed by atoms with E-state index in [1.54, 1.807) is 48.3 Å². The molecule has 232 valence electrons. The van der Waals surface area contributed by atoms with Crippen LogP contribution < -0.4 is 20.7 Å². The molecule has 8 bridgehead atoms. The number of pyridine rings is 1. The molecule has 12 nitrogen and oxygen atoms in total. The van der Waals surface area contributed by atoms with Gasteiger partial charge >= 0.3 is 6.18 Å². The lowest BCUT2D eigenvalue weighted by molar-refractivity contribution is -0.137. The van der Waals surface area contributed by atoms with E-state index in [-0.39, 0.29) is 30.1 Å². The fourth-order valence-electron chi connectivity index (χ4n) is 4.54. The van der Waals surface area contributed by atoms with Crippen LogP contribution in [-0.4, -0.2) is 57.6 Å². The van der Waals surface area contributed by atoms with Gasteiger partial charge in [-0.15, -0.1) is 0 Å². The maximum absolute atomic E-state index is 14.0. The second-order valence-corrected chi connectivity index (χ2v) is 12.7. The van der Waals surface area contributed by atoms with E-state index in [2.05, 4.69) is 36.0 Å². The number of hydrogen-bond donors (Lipinski definition) is 3. The van der Waals surface area contributed by atoms with Crippen molar-refractivity contribution in [3.63, 3.8) is 0 Å². The first-order valence-electron chi connectivity index (χ1n) is 13.7. The molecule has 44 heavy (non-hydrogen) atoms. The lowest BCUT2D eigenvalue weighted by Crippen LogP contribution is -2.21. The number of rotatable bonds is 3. The van der Waals surface area contributed by atoms with Crippen molar-refractivity contribution in [1.82, 2.24) is 30.0 Å². The third-order valence-electron chi connectivity index (χ3n) is 6.89. The summed E-state index contributed by atoms with van der Waals surface area (Å²) in [5.74, 6) is -1.06. The Bertz CT molecular complexity index is 1730. The monoisotopic (exact) mass is 630 g/mol. The Balaban J connectivity index is 1.63. The van der Waals surface area contributed by atoms with E-state index in [1.165, 1.54) is 20.2 Å². The van der Waals surface area contributed by atoms with Crippen molar-refractivity contribution in [2.45, 2.75) is 32.2 Å². The summed E-state index contributed by atoms with van der Waals surface area (Å²) in [7, 11) is -0.209. The highest BCUT2D eigenvalue weighted by Gasteiger charge is 2.36. The molecule has 0 unspecified atom stereocenters. The van der Waals surface area contributed by atoms with Crippen LogP contribution >= 0.6 is 7.37 Å². The molecule has 0 saturated carbocycles. The molecule has 7 heterocycles. The normalized spacial score (nSPS) is 17.1. The Kier molecular flexibility index (Phi) is 8.88. The van der Waals surface area contributed by atoms with E-state index in [0.29, 0.717) is 53.6 Å². The molecule has 0 aliphatic carbocycles. The molecule has 16 heteroatoms. The molecule has 0 radical (unpaired) electrons. The maximum Gasteiger partial charge on any atom is 0.421 e. The molecular weight excluding hydrogens is 600 g/mol. The predicted octanol–water partition coefficient (Wildman–Crippen LogP) is 5.83. The third-order valence-corrected chi connectivity index (χ3v) is 9.35. The van der Waals surface area contributed by atoms with Crippen molar-refractivity contribution < 1.29 is 31.8 Å². The van der Waals surface area contributed by atoms with Gasteiger partial charge in [-0.05, 0) is 36.2 Å². The van der Waals surface area contributed by atoms with Gasteiger partial charge in [0, 0.05) is 43.9 Å². The van der Waals surface area contributed by atoms with E-state index >= 15 is 0 Å². The first-order valence-corrected chi connectivity index (χ1v) is 15.6. The molecule has 1 atom stereocenters. The van der Waals surface area contributed by atoms with E-state index in [0.717, 1.165) is 0 Å². The zero-order valence-corrected chi connectivity index (χ0v) is 25.0. The Morgan fingerprint density at radius 1 is 1.16 bits per heavy atom. The lowest BCUT2D eigenvalue weighted by atomic mass is 10.1. The number of methoxy groups -OCH3 is 1. The number of carbonyl (C=O) groups excluding carboxylic acids is 1. The Labute approximate surface area is 250 Å². The summed E-state index contributed by atoms with van der Waals surface area (Å²) in [6, 6.07) is 8.04. The predicted molar refractivity (Wildman–Crippen MR) is 158 cm³/mol. The van der Waals surface area contributed by atoms with Crippen molar-refractivity contribution in [3.05, 3.63) is 65.7 Å². The molecule has 3 N–H and O–H groups in total. The van der Waals surface area contributed by atoms with Crippen LogP contribution in [0, 0.1) is 0 Å². The zero-order chi connectivity index (χ0) is 31.5. The number of nitrogens with one attached hydrogen (secondary N) is 3. The van der Waals surface area contributed by atoms with Crippen LogP contribution in [0.4, 0.5) is 36.3 Å². The maximum atomic E-state index is 14.0. The summed E-state index contributed by atoms with van der Waals surface area (Å²) in [6.07, 6.45) is 0.162. The number of nitrogens with zero attached hydrogens (tertiary/aromatic N) is 5. The smallest absolute Gasteiger partial charge is 0.421 e. The molecule has 4 aromatic rings. The van der Waals surface area contributed by atoms with Gasteiger partial charge in [-0.25, -0.2) is 9.97 Å². The van der Waals surface area contributed by atoms with Gasteiger partial charge in [-0.3, -0.25) is 14.0 Å². The number of alkyl halides is 3. The van der Waals surface area contributed by atoms with Gasteiger partial charge in [0.2, 0.25) is 13.3 Å². The van der Waals surface area contributed by atoms with Crippen molar-refractivity contribution >= 4 is 36.4 Å². The first-order chi connectivity index (χ1) is 21.0. The average molecular weight is 631 g/mol. The Morgan fingerprint density at radius 3 is 2.68 bits per heavy atom. The van der Waals surface area contributed by atoms with Crippen LogP contribution in [0.15, 0.2) is 48.9 Å². The van der Waals surface area contributed by atoms with E-state index < -0.39 is 30.8 Å². The van der Waals surface area contributed by atoms with Crippen LogP contribution in [0.1, 0.15) is 35.0 Å². The number of hydrogen-bond acceptors (Lipinski definition) is 10. The van der Waals surface area contributed by atoms with Gasteiger partial charge in [0.05, 0.1) is 37.0 Å². The highest BCUT2D eigenvalue weighted by Crippen LogP contribution is 2.50. The molecule has 8 rings (SSSR count). The fraction of sp³-hybridized carbons (Fsp3) is 0.321. The number of anilines is 4. The van der Waals surface area contributed by atoms with Gasteiger partial charge in [0.15, 0.2) is 5.69 Å². The topological polar surface area (TPSA) is 145 Å². The van der Waals surface area contributed by atoms with Crippen LogP contribution in [0.25, 0.3) is 11.3 Å². The lowest BCUT2D eigenvalue weighted by Gasteiger charge is -2.19. The minimum Gasteiger partial charge on any atom is -0.495 e. The third kappa shape index (κ3) is 6.84. The van der Waals surface area contributed by atoms with Crippen LogP contribution in [0.5, 0.6) is 5.75 Å². The van der Waals surface area contributed by atoms with Gasteiger partial charge in [0.25, 0.3) is 5.91 Å². The molecule has 3 aromatic heterocycles. The van der Waals surface area contributed by atoms with Crippen molar-refractivity contribution in [2.24, 2.45) is 0 Å². The summed E-state index contributed by atoms with van der Waals surface area (Å²) in [6.45, 7) is 2.52. The van der Waals surface area contributed by atoms with Crippen molar-refractivity contribution in [3.8, 4) is 17.0 Å². The number of carbonyl (C=O) groups is 1. The van der Waals surface area contributed by atoms with Crippen molar-refractivity contribution in [2.75, 3.05) is 37.6 Å². The quantitative estimate of drug-likeness (QED) is 0.237. The zero-order valence-electron chi connectivity index (χ0n) is 24.1. The number of aryl methyl sites for hydroxylation is 1. The largest absolute Gasteiger partial charge is 0.495 e. The second-order valence-electron chi connectivity index (χ2n) is 9.88. The van der Waals surface area contributed by atoms with Gasteiger partial charge in [0.1, 0.15) is 17.1 Å². The highest BCUT2D eigenvalue weighted by atomic mass is 31.2. The van der Waals surface area contributed by atoms with Crippen LogP contribution in [0.3, 0.4) is 0 Å². The summed E-state index contributed by atoms with van der Waals surface area (Å²) < 4.78 is 68.7. The number of ether oxygens (including phenoxy) is 1. The molecule has 0 spiro atoms. The molecule has 4 aliphatic heterocycles. The second kappa shape index (κ2) is 12.6. The van der Waals surface area contributed by atoms with Gasteiger partial charge in [-0.2, -0.15) is 23.3 Å². The van der Waals surface area contributed by atoms with E-state index in [9.17, 15) is 22.5 Å². The fourth-order valence-corrected chi connectivity index (χ4v) is 6.26. The van der Waals surface area contributed by atoms with Gasteiger partial charge in [-0.1, -0.05) is 13.0 Å². The molecule has 1 amide bonds. The summed E-state index contributed by atoms with van der Waals surface area (Å²) in [5, 5.41) is 12.3. The number of amides is 1. The van der Waals surface area contributed by atoms with Crippen LogP contribution in [0.2, 0.25) is 0 Å². The standard InChI is InChI=1S/C28H30F3N8O4P/c1-4-44(41)16-17-6-7-21(23(12-17)42-3)37-27-33-14-19(28(29,30)31)25(38-27)36-22-9-8-20(35-24(22)26(40)32-2)18-13-34-39(15-18)10-5-11-43-44/h6-9,12-15H,4-5,10-11,16H2,1-3H3,(H,32,40)(H2,33,36,37,38)/t44-/m1/s1. The first kappa shape index (κ1) is 31.0. The molecule has 0 fully saturated rings. The minimum absolute atomic E-state index is 0.00257.